The minimum Gasteiger partial charge on any atom is -0.545 e. The van der Waals surface area contributed by atoms with E-state index in [0.717, 1.165) is 83.5 Å². The Morgan fingerprint density at radius 3 is 1.04 bits per heavy atom. The first-order valence-corrected chi connectivity index (χ1v) is 34.6. The number of carbonyl (C=O) groups excluding carboxylic acids is 3. The maximum atomic E-state index is 12.9. The van der Waals surface area contributed by atoms with Crippen molar-refractivity contribution in [3.8, 4) is 0 Å². The first kappa shape index (κ1) is 78.7. The van der Waals surface area contributed by atoms with Gasteiger partial charge in [-0.3, -0.25) is 9.59 Å². The number of ether oxygens (including phenoxy) is 4. The van der Waals surface area contributed by atoms with Crippen LogP contribution in [-0.4, -0.2) is 82.3 Å². The van der Waals surface area contributed by atoms with E-state index in [1.165, 1.54) is 199 Å². The number of esters is 2. The molecule has 476 valence electrons. The molecule has 0 heterocycles. The lowest BCUT2D eigenvalue weighted by atomic mass is 10.0. The van der Waals surface area contributed by atoms with Gasteiger partial charge in [-0.15, -0.1) is 0 Å². The number of carbonyl (C=O) groups is 3. The normalized spacial score (nSPS) is 13.1. The van der Waals surface area contributed by atoms with Crippen LogP contribution >= 0.6 is 0 Å². The number of hydrogen-bond donors (Lipinski definition) is 0. The maximum Gasteiger partial charge on any atom is 0.306 e. The summed E-state index contributed by atoms with van der Waals surface area (Å²) in [5.74, 6) is -2.31. The van der Waals surface area contributed by atoms with Crippen molar-refractivity contribution < 1.29 is 42.9 Å². The number of unbranched alkanes of at least 4 members (excludes halogenated alkanes) is 37. The third kappa shape index (κ3) is 64.3. The number of carboxylic acids is 1. The smallest absolute Gasteiger partial charge is 0.306 e. The zero-order chi connectivity index (χ0) is 59.8. The van der Waals surface area contributed by atoms with Gasteiger partial charge < -0.3 is 33.3 Å². The number of carboxylic acid groups (broad SMARTS) is 1. The van der Waals surface area contributed by atoms with Crippen molar-refractivity contribution in [1.29, 1.82) is 0 Å². The van der Waals surface area contributed by atoms with E-state index in [-0.39, 0.29) is 38.6 Å². The molecule has 82 heavy (non-hydrogen) atoms. The summed E-state index contributed by atoms with van der Waals surface area (Å²) in [4.78, 5) is 37.4. The molecule has 0 N–H and O–H groups in total. The molecule has 0 radical (unpaired) electrons. The molecule has 0 spiro atoms. The van der Waals surface area contributed by atoms with E-state index in [4.69, 9.17) is 18.9 Å². The van der Waals surface area contributed by atoms with Crippen molar-refractivity contribution >= 4 is 17.9 Å². The molecule has 0 aliphatic heterocycles. The summed E-state index contributed by atoms with van der Waals surface area (Å²) in [5.41, 5.74) is 0. The summed E-state index contributed by atoms with van der Waals surface area (Å²) in [6, 6.07) is 0. The van der Waals surface area contributed by atoms with Crippen LogP contribution < -0.4 is 5.11 Å². The predicted octanol–water partition coefficient (Wildman–Crippen LogP) is 20.0. The second kappa shape index (κ2) is 63.7. The molecule has 0 aromatic heterocycles. The zero-order valence-corrected chi connectivity index (χ0v) is 54.4. The molecule has 0 saturated carbocycles. The topological polar surface area (TPSA) is 111 Å². The van der Waals surface area contributed by atoms with Crippen molar-refractivity contribution in [2.45, 2.75) is 328 Å². The highest BCUT2D eigenvalue weighted by atomic mass is 16.7. The molecule has 9 heteroatoms. The molecule has 0 aliphatic carbocycles. The molecule has 2 atom stereocenters. The molecule has 0 aliphatic rings. The van der Waals surface area contributed by atoms with Crippen molar-refractivity contribution in [2.75, 3.05) is 47.5 Å². The molecule has 0 aromatic carbocycles. The number of likely N-dealkylation sites (N-methyl/N-ethyl adjacent to an activating group) is 1. The fourth-order valence-corrected chi connectivity index (χ4v) is 9.96. The van der Waals surface area contributed by atoms with Gasteiger partial charge in [0.25, 0.3) is 0 Å². The monoisotopic (exact) mass is 1150 g/mol. The van der Waals surface area contributed by atoms with Crippen LogP contribution in [0.25, 0.3) is 0 Å². The van der Waals surface area contributed by atoms with E-state index in [1.807, 2.05) is 21.1 Å². The Balaban J connectivity index is 4.09. The number of rotatable bonds is 64. The van der Waals surface area contributed by atoms with Gasteiger partial charge in [-0.25, -0.2) is 0 Å². The zero-order valence-electron chi connectivity index (χ0n) is 54.4. The average Bonchev–Trinajstić information content (AvgIpc) is 3.45. The molecule has 0 aromatic rings. The lowest BCUT2D eigenvalue weighted by molar-refractivity contribution is -0.870. The van der Waals surface area contributed by atoms with Crippen molar-refractivity contribution in [3.63, 3.8) is 0 Å². The molecule has 0 saturated heterocycles. The molecule has 0 amide bonds. The van der Waals surface area contributed by atoms with Gasteiger partial charge in [-0.05, 0) is 64.2 Å². The second-order valence-corrected chi connectivity index (χ2v) is 24.4. The lowest BCUT2D eigenvalue weighted by Crippen LogP contribution is -2.44. The Morgan fingerprint density at radius 2 is 0.695 bits per heavy atom. The highest BCUT2D eigenvalue weighted by Gasteiger charge is 2.22. The number of nitrogens with zero attached hydrogens (tertiary/aromatic N) is 1. The van der Waals surface area contributed by atoms with E-state index >= 15 is 0 Å². The summed E-state index contributed by atoms with van der Waals surface area (Å²) in [6.07, 6.45) is 81.4. The Morgan fingerprint density at radius 1 is 0.378 bits per heavy atom. The van der Waals surface area contributed by atoms with Crippen molar-refractivity contribution in [3.05, 3.63) is 72.9 Å². The quantitative estimate of drug-likeness (QED) is 0.0195. The van der Waals surface area contributed by atoms with Crippen LogP contribution in [0.4, 0.5) is 0 Å². The van der Waals surface area contributed by atoms with E-state index < -0.39 is 24.3 Å². The minimum absolute atomic E-state index is 0.140. The van der Waals surface area contributed by atoms with Gasteiger partial charge in [0.2, 0.25) is 0 Å². The SMILES string of the molecule is CC/C=C\C/C=C\C/C=C\C/C=C\C/C=C\C/C=C\CCCCCCC(=O)OC(COC(=O)CCCCCCCCCCCCCCCCCCCCCCCCCCCCCCCCCCCC)COC(OCC[N+](C)(C)C)C(=O)[O-]. The minimum atomic E-state index is -1.63. The number of quaternary nitrogens is 1. The molecule has 9 nitrogen and oxygen atoms in total. The van der Waals surface area contributed by atoms with Crippen LogP contribution in [0.2, 0.25) is 0 Å². The fourth-order valence-electron chi connectivity index (χ4n) is 9.96. The van der Waals surface area contributed by atoms with Gasteiger partial charge >= 0.3 is 11.9 Å². The van der Waals surface area contributed by atoms with E-state index in [0.29, 0.717) is 17.4 Å². The summed E-state index contributed by atoms with van der Waals surface area (Å²) in [5, 5.41) is 11.8. The summed E-state index contributed by atoms with van der Waals surface area (Å²) < 4.78 is 22.7. The Kier molecular flexibility index (Phi) is 61.2. The van der Waals surface area contributed by atoms with Gasteiger partial charge in [0.1, 0.15) is 13.2 Å². The highest BCUT2D eigenvalue weighted by Crippen LogP contribution is 2.18. The number of aliphatic carboxylic acids is 1. The molecule has 0 fully saturated rings. The molecular formula is C73H131NO8. The van der Waals surface area contributed by atoms with E-state index in [9.17, 15) is 19.5 Å². The molecule has 2 unspecified atom stereocenters. The lowest BCUT2D eigenvalue weighted by Gasteiger charge is -2.26. The molecule has 0 rings (SSSR count). The maximum absolute atomic E-state index is 12.9. The van der Waals surface area contributed by atoms with Crippen LogP contribution in [-0.2, 0) is 33.3 Å². The van der Waals surface area contributed by atoms with Crippen LogP contribution in [0.5, 0.6) is 0 Å². The van der Waals surface area contributed by atoms with E-state index in [2.05, 4.69) is 86.8 Å². The standard InChI is InChI=1S/C73H131NO8/c1-6-8-10-12-14-16-18-20-22-24-26-28-30-31-32-33-34-35-36-37-38-39-40-42-43-45-47-49-51-53-55-57-59-61-63-70(75)80-67-69(68-81-73(72(77)78)79-66-65-74(3,4)5)82-71(76)64-62-60-58-56-54-52-50-48-46-44-41-29-27-25-23-21-19-17-15-13-11-9-7-2/h9,11,15,17,21,23,27,29,44,46,50,52,69,73H,6-8,10,12-14,16,18-20,22,24-26,28,30-43,45,47-49,51,53-68H2,1-5H3/b11-9-,17-15-,23-21-,29-27-,46-44-,52-50-. The van der Waals surface area contributed by atoms with Crippen molar-refractivity contribution in [2.24, 2.45) is 0 Å². The van der Waals surface area contributed by atoms with Gasteiger partial charge in [-0.2, -0.15) is 0 Å². The van der Waals surface area contributed by atoms with Crippen LogP contribution in [0.1, 0.15) is 316 Å². The first-order valence-electron chi connectivity index (χ1n) is 34.6. The van der Waals surface area contributed by atoms with Gasteiger partial charge in [0.15, 0.2) is 12.4 Å². The Labute approximate surface area is 507 Å². The third-order valence-electron chi connectivity index (χ3n) is 15.2. The fraction of sp³-hybridized carbons (Fsp3) is 0.795. The van der Waals surface area contributed by atoms with Gasteiger partial charge in [-0.1, -0.05) is 311 Å². The number of hydrogen-bond acceptors (Lipinski definition) is 8. The summed E-state index contributed by atoms with van der Waals surface area (Å²) in [6.45, 7) is 4.64. The average molecular weight is 1150 g/mol. The summed E-state index contributed by atoms with van der Waals surface area (Å²) >= 11 is 0. The first-order chi connectivity index (χ1) is 40.1. The van der Waals surface area contributed by atoms with E-state index in [1.54, 1.807) is 0 Å². The largest absolute Gasteiger partial charge is 0.545 e. The van der Waals surface area contributed by atoms with Crippen LogP contribution in [0, 0.1) is 0 Å². The van der Waals surface area contributed by atoms with Crippen LogP contribution in [0.15, 0.2) is 72.9 Å². The molecular weight excluding hydrogens is 1020 g/mol. The number of allylic oxidation sites excluding steroid dienone is 12. The molecule has 0 bridgehead atoms. The third-order valence-corrected chi connectivity index (χ3v) is 15.2. The van der Waals surface area contributed by atoms with Crippen molar-refractivity contribution in [1.82, 2.24) is 0 Å². The second-order valence-electron chi connectivity index (χ2n) is 24.4. The van der Waals surface area contributed by atoms with Gasteiger partial charge in [0.05, 0.1) is 40.3 Å². The summed E-state index contributed by atoms with van der Waals surface area (Å²) in [7, 11) is 5.92. The Hall–Kier alpha value is -3.27. The predicted molar refractivity (Wildman–Crippen MR) is 348 cm³/mol. The Bertz CT molecular complexity index is 1570. The van der Waals surface area contributed by atoms with Gasteiger partial charge in [0, 0.05) is 12.8 Å². The van der Waals surface area contributed by atoms with Crippen LogP contribution in [0.3, 0.4) is 0 Å². The highest BCUT2D eigenvalue weighted by molar-refractivity contribution is 5.70.